The summed E-state index contributed by atoms with van der Waals surface area (Å²) in [4.78, 5) is 25.5. The Labute approximate surface area is 124 Å². The number of anilines is 1. The summed E-state index contributed by atoms with van der Waals surface area (Å²) in [7, 11) is 0. The monoisotopic (exact) mass is 285 g/mol. The summed E-state index contributed by atoms with van der Waals surface area (Å²) in [6.45, 7) is 3.82. The van der Waals surface area contributed by atoms with E-state index in [0.717, 1.165) is 11.1 Å². The zero-order valence-electron chi connectivity index (χ0n) is 12.3. The lowest BCUT2D eigenvalue weighted by Gasteiger charge is -2.29. The van der Waals surface area contributed by atoms with Gasteiger partial charge in [0.25, 0.3) is 0 Å². The first-order valence-electron chi connectivity index (χ1n) is 7.09. The highest BCUT2D eigenvalue weighted by Gasteiger charge is 2.32. The van der Waals surface area contributed by atoms with Crippen LogP contribution in [0, 0.1) is 24.7 Å². The third-order valence-electron chi connectivity index (χ3n) is 3.45. The average molecular weight is 285 g/mol. The van der Waals surface area contributed by atoms with Crippen LogP contribution < -0.4 is 4.90 Å². The molecule has 1 saturated heterocycles. The van der Waals surface area contributed by atoms with Crippen molar-refractivity contribution in [2.24, 2.45) is 5.92 Å². The van der Waals surface area contributed by atoms with E-state index in [0.29, 0.717) is 24.9 Å². The summed E-state index contributed by atoms with van der Waals surface area (Å²) in [6.07, 6.45) is 1.24. The van der Waals surface area contributed by atoms with Crippen LogP contribution in [0.25, 0.3) is 0 Å². The van der Waals surface area contributed by atoms with Crippen molar-refractivity contribution in [1.82, 2.24) is 0 Å². The van der Waals surface area contributed by atoms with Crippen molar-refractivity contribution >= 4 is 17.5 Å². The fourth-order valence-electron chi connectivity index (χ4n) is 2.46. The number of amides is 2. The average Bonchev–Trinajstić information content (AvgIpc) is 2.40. The number of hydrogen-bond donors (Lipinski definition) is 1. The minimum atomic E-state index is -0.138. The van der Waals surface area contributed by atoms with Gasteiger partial charge < -0.3 is 5.11 Å². The largest absolute Gasteiger partial charge is 0.395 e. The van der Waals surface area contributed by atoms with Crippen LogP contribution in [-0.4, -0.2) is 23.5 Å². The van der Waals surface area contributed by atoms with Gasteiger partial charge in [-0.2, -0.15) is 0 Å². The first kappa shape index (κ1) is 15.3. The molecule has 1 fully saturated rings. The van der Waals surface area contributed by atoms with E-state index in [9.17, 15) is 9.59 Å². The number of aryl methyl sites for hydroxylation is 1. The molecule has 21 heavy (non-hydrogen) atoms. The molecular weight excluding hydrogens is 266 g/mol. The van der Waals surface area contributed by atoms with E-state index >= 15 is 0 Å². The summed E-state index contributed by atoms with van der Waals surface area (Å²) >= 11 is 0. The molecule has 1 heterocycles. The normalized spacial score (nSPS) is 15.9. The summed E-state index contributed by atoms with van der Waals surface area (Å²) in [6, 6.07) is 5.42. The van der Waals surface area contributed by atoms with Crippen LogP contribution in [0.4, 0.5) is 5.69 Å². The van der Waals surface area contributed by atoms with Crippen LogP contribution >= 0.6 is 0 Å². The predicted molar refractivity (Wildman–Crippen MR) is 80.7 cm³/mol. The van der Waals surface area contributed by atoms with Gasteiger partial charge in [-0.3, -0.25) is 14.5 Å². The molecule has 0 saturated carbocycles. The van der Waals surface area contributed by atoms with Crippen molar-refractivity contribution in [3.8, 4) is 11.8 Å². The molecule has 0 unspecified atom stereocenters. The molecule has 0 aliphatic carbocycles. The third kappa shape index (κ3) is 3.50. The van der Waals surface area contributed by atoms with Crippen molar-refractivity contribution in [2.45, 2.75) is 33.1 Å². The van der Waals surface area contributed by atoms with E-state index in [4.69, 9.17) is 5.11 Å². The topological polar surface area (TPSA) is 57.6 Å². The number of rotatable bonds is 2. The molecule has 0 bridgehead atoms. The second-order valence-electron chi connectivity index (χ2n) is 5.41. The molecule has 4 heteroatoms. The summed E-state index contributed by atoms with van der Waals surface area (Å²) in [5.41, 5.74) is 2.31. The predicted octanol–water partition coefficient (Wildman–Crippen LogP) is 2.02. The maximum Gasteiger partial charge on any atom is 0.234 e. The Morgan fingerprint density at radius 3 is 2.52 bits per heavy atom. The second kappa shape index (κ2) is 6.55. The summed E-state index contributed by atoms with van der Waals surface area (Å²) < 4.78 is 0. The molecule has 2 amide bonds. The maximum absolute atomic E-state index is 12.1. The van der Waals surface area contributed by atoms with Crippen molar-refractivity contribution in [3.63, 3.8) is 0 Å². The van der Waals surface area contributed by atoms with Crippen LogP contribution in [0.3, 0.4) is 0 Å². The van der Waals surface area contributed by atoms with E-state index < -0.39 is 0 Å². The van der Waals surface area contributed by atoms with Gasteiger partial charge in [0.05, 0.1) is 12.3 Å². The van der Waals surface area contributed by atoms with Crippen molar-refractivity contribution in [2.75, 3.05) is 11.5 Å². The fraction of sp³-hybridized carbons (Fsp3) is 0.412. The van der Waals surface area contributed by atoms with E-state index in [1.165, 1.54) is 4.90 Å². The Hall–Kier alpha value is -2.12. The van der Waals surface area contributed by atoms with Crippen LogP contribution in [-0.2, 0) is 9.59 Å². The van der Waals surface area contributed by atoms with Crippen molar-refractivity contribution in [3.05, 3.63) is 29.3 Å². The molecule has 2 rings (SSSR count). The first-order valence-corrected chi connectivity index (χ1v) is 7.09. The molecule has 0 atom stereocenters. The molecule has 1 aliphatic heterocycles. The fourth-order valence-corrected chi connectivity index (χ4v) is 2.46. The zero-order chi connectivity index (χ0) is 15.4. The smallest absolute Gasteiger partial charge is 0.234 e. The molecule has 4 nitrogen and oxygen atoms in total. The Morgan fingerprint density at radius 2 is 1.95 bits per heavy atom. The number of benzene rings is 1. The Kier molecular flexibility index (Phi) is 4.77. The van der Waals surface area contributed by atoms with Crippen LogP contribution in [0.2, 0.25) is 0 Å². The van der Waals surface area contributed by atoms with E-state index in [-0.39, 0.29) is 24.3 Å². The lowest BCUT2D eigenvalue weighted by atomic mass is 9.96. The second-order valence-corrected chi connectivity index (χ2v) is 5.41. The molecule has 1 aromatic rings. The highest BCUT2D eigenvalue weighted by molar-refractivity contribution is 6.17. The van der Waals surface area contributed by atoms with E-state index in [2.05, 4.69) is 11.8 Å². The molecule has 0 radical (unpaired) electrons. The molecule has 1 N–H and O–H groups in total. The van der Waals surface area contributed by atoms with Gasteiger partial charge in [0.2, 0.25) is 11.8 Å². The van der Waals surface area contributed by atoms with Gasteiger partial charge in [-0.1, -0.05) is 18.8 Å². The minimum absolute atomic E-state index is 0.0407. The van der Waals surface area contributed by atoms with Gasteiger partial charge in [0.1, 0.15) is 0 Å². The summed E-state index contributed by atoms with van der Waals surface area (Å²) in [5.74, 6) is 5.64. The molecule has 0 spiro atoms. The third-order valence-corrected chi connectivity index (χ3v) is 3.45. The Bertz CT molecular complexity index is 607. The number of piperidine rings is 1. The van der Waals surface area contributed by atoms with Gasteiger partial charge in [-0.15, -0.1) is 0 Å². The zero-order valence-corrected chi connectivity index (χ0v) is 12.3. The quantitative estimate of drug-likeness (QED) is 0.668. The molecule has 0 aromatic heterocycles. The molecular formula is C17H19NO3. The first-order chi connectivity index (χ1) is 10.0. The van der Waals surface area contributed by atoms with E-state index in [1.807, 2.05) is 19.9 Å². The van der Waals surface area contributed by atoms with Gasteiger partial charge >= 0.3 is 0 Å². The van der Waals surface area contributed by atoms with Crippen LogP contribution in [0.1, 0.15) is 37.3 Å². The number of aliphatic hydroxyl groups excluding tert-OH is 1. The van der Waals surface area contributed by atoms with Gasteiger partial charge in [0.15, 0.2) is 0 Å². The van der Waals surface area contributed by atoms with E-state index in [1.54, 1.807) is 12.1 Å². The van der Waals surface area contributed by atoms with Crippen LogP contribution in [0.15, 0.2) is 18.2 Å². The van der Waals surface area contributed by atoms with Gasteiger partial charge in [0, 0.05) is 24.8 Å². The number of carbonyl (C=O) groups is 2. The number of nitrogens with zero attached hydrogens (tertiary/aromatic N) is 1. The SMILES string of the molecule is Cc1cc(C#CCCO)ccc1N1C(=O)CC(C)CC1=O. The number of carbonyl (C=O) groups excluding carboxylic acids is 2. The Morgan fingerprint density at radius 1 is 1.29 bits per heavy atom. The lowest BCUT2D eigenvalue weighted by molar-refractivity contribution is -0.130. The highest BCUT2D eigenvalue weighted by atomic mass is 16.2. The number of hydrogen-bond acceptors (Lipinski definition) is 3. The maximum atomic E-state index is 12.1. The van der Waals surface area contributed by atoms with Crippen molar-refractivity contribution < 1.29 is 14.7 Å². The number of aliphatic hydroxyl groups is 1. The molecule has 1 aromatic carbocycles. The van der Waals surface area contributed by atoms with Gasteiger partial charge in [-0.25, -0.2) is 0 Å². The number of imide groups is 1. The summed E-state index contributed by atoms with van der Waals surface area (Å²) in [5, 5.41) is 8.71. The highest BCUT2D eigenvalue weighted by Crippen LogP contribution is 2.28. The molecule has 110 valence electrons. The van der Waals surface area contributed by atoms with Crippen LogP contribution in [0.5, 0.6) is 0 Å². The van der Waals surface area contributed by atoms with Crippen molar-refractivity contribution in [1.29, 1.82) is 0 Å². The molecule has 1 aliphatic rings. The van der Waals surface area contributed by atoms with Gasteiger partial charge in [-0.05, 0) is 36.6 Å². The standard InChI is InChI=1S/C17H19NO3/c1-12-9-16(20)18(17(21)10-12)15-7-6-14(11-13(15)2)5-3-4-8-19/h6-7,11-12,19H,4,8-10H2,1-2H3. The lowest BCUT2D eigenvalue weighted by Crippen LogP contribution is -2.43. The minimum Gasteiger partial charge on any atom is -0.395 e. The Balaban J connectivity index is 2.27.